The van der Waals surface area contributed by atoms with Gasteiger partial charge in [-0.15, -0.1) is 24.8 Å². The molecule has 1 saturated heterocycles. The minimum atomic E-state index is 0. The molecular formula is C7H12Cl2N4. The second-order valence-electron chi connectivity index (χ2n) is 2.59. The van der Waals surface area contributed by atoms with Gasteiger partial charge in [-0.1, -0.05) is 0 Å². The first kappa shape index (κ1) is 12.4. The summed E-state index contributed by atoms with van der Waals surface area (Å²) in [6.07, 6.45) is 3.29. The standard InChI is InChI=1S/C7H10N4.2ClH/c1-2-8-5-10-7(1)11-6-3-9-4-6;;/h1-2,5-6,9H,3-4H2,(H,8,10,11);2*1H. The average Bonchev–Trinajstić information content (AvgIpc) is 1.99. The quantitative estimate of drug-likeness (QED) is 0.775. The molecule has 0 amide bonds. The fourth-order valence-electron chi connectivity index (χ4n) is 0.976. The molecule has 2 N–H and O–H groups in total. The molecule has 6 heteroatoms. The van der Waals surface area contributed by atoms with Gasteiger partial charge in [-0.2, -0.15) is 0 Å². The first-order valence-corrected chi connectivity index (χ1v) is 3.68. The molecule has 0 aromatic carbocycles. The Labute approximate surface area is 89.4 Å². The average molecular weight is 223 g/mol. The molecule has 0 spiro atoms. The predicted octanol–water partition coefficient (Wildman–Crippen LogP) is 0.704. The number of hydrogen-bond acceptors (Lipinski definition) is 4. The van der Waals surface area contributed by atoms with E-state index in [1.165, 1.54) is 0 Å². The van der Waals surface area contributed by atoms with Crippen molar-refractivity contribution < 1.29 is 0 Å². The van der Waals surface area contributed by atoms with Crippen LogP contribution in [0.2, 0.25) is 0 Å². The molecule has 0 radical (unpaired) electrons. The van der Waals surface area contributed by atoms with Gasteiger partial charge in [-0.05, 0) is 6.07 Å². The van der Waals surface area contributed by atoms with Gasteiger partial charge in [0.15, 0.2) is 0 Å². The lowest BCUT2D eigenvalue weighted by Gasteiger charge is -2.28. The van der Waals surface area contributed by atoms with E-state index < -0.39 is 0 Å². The van der Waals surface area contributed by atoms with Gasteiger partial charge in [0.1, 0.15) is 12.1 Å². The lowest BCUT2D eigenvalue weighted by Crippen LogP contribution is -2.51. The zero-order valence-corrected chi connectivity index (χ0v) is 8.57. The lowest BCUT2D eigenvalue weighted by molar-refractivity contribution is 0.471. The van der Waals surface area contributed by atoms with Crippen molar-refractivity contribution in [2.24, 2.45) is 0 Å². The Balaban J connectivity index is 0.000000720. The van der Waals surface area contributed by atoms with Gasteiger partial charge in [-0.25, -0.2) is 9.97 Å². The number of rotatable bonds is 2. The van der Waals surface area contributed by atoms with Crippen LogP contribution in [0.5, 0.6) is 0 Å². The van der Waals surface area contributed by atoms with Gasteiger partial charge in [0.05, 0.1) is 6.04 Å². The molecule has 2 heterocycles. The summed E-state index contributed by atoms with van der Waals surface area (Å²) in [6.45, 7) is 2.06. The van der Waals surface area contributed by atoms with E-state index >= 15 is 0 Å². The summed E-state index contributed by atoms with van der Waals surface area (Å²) in [4.78, 5) is 7.88. The zero-order chi connectivity index (χ0) is 7.52. The second kappa shape index (κ2) is 5.96. The maximum absolute atomic E-state index is 4.05. The van der Waals surface area contributed by atoms with E-state index in [-0.39, 0.29) is 24.8 Å². The third-order valence-corrected chi connectivity index (χ3v) is 1.72. The number of anilines is 1. The monoisotopic (exact) mass is 222 g/mol. The third kappa shape index (κ3) is 3.34. The van der Waals surface area contributed by atoms with Crippen LogP contribution in [0.3, 0.4) is 0 Å². The molecule has 1 aromatic rings. The number of nitrogens with one attached hydrogen (secondary N) is 2. The van der Waals surface area contributed by atoms with Crippen molar-refractivity contribution in [2.45, 2.75) is 6.04 Å². The molecule has 1 fully saturated rings. The summed E-state index contributed by atoms with van der Waals surface area (Å²) in [5.41, 5.74) is 0. The molecule has 0 atom stereocenters. The van der Waals surface area contributed by atoms with Crippen LogP contribution >= 0.6 is 24.8 Å². The van der Waals surface area contributed by atoms with E-state index in [1.54, 1.807) is 12.5 Å². The maximum atomic E-state index is 4.05. The van der Waals surface area contributed by atoms with E-state index in [1.807, 2.05) is 6.07 Å². The number of aromatic nitrogens is 2. The molecule has 0 bridgehead atoms. The Hall–Kier alpha value is -0.580. The van der Waals surface area contributed by atoms with Crippen molar-refractivity contribution >= 4 is 30.6 Å². The molecule has 4 nitrogen and oxygen atoms in total. The van der Waals surface area contributed by atoms with Gasteiger partial charge in [0.2, 0.25) is 0 Å². The highest BCUT2D eigenvalue weighted by atomic mass is 35.5. The number of hydrogen-bond donors (Lipinski definition) is 2. The third-order valence-electron chi connectivity index (χ3n) is 1.72. The highest BCUT2D eigenvalue weighted by Gasteiger charge is 2.15. The van der Waals surface area contributed by atoms with Crippen molar-refractivity contribution in [1.82, 2.24) is 15.3 Å². The Morgan fingerprint density at radius 2 is 2.15 bits per heavy atom. The van der Waals surface area contributed by atoms with E-state index in [0.717, 1.165) is 18.9 Å². The van der Waals surface area contributed by atoms with Crippen LogP contribution in [-0.4, -0.2) is 29.1 Å². The van der Waals surface area contributed by atoms with E-state index in [4.69, 9.17) is 0 Å². The second-order valence-corrected chi connectivity index (χ2v) is 2.59. The molecule has 74 valence electrons. The minimum absolute atomic E-state index is 0. The van der Waals surface area contributed by atoms with Gasteiger partial charge in [0, 0.05) is 19.3 Å². The van der Waals surface area contributed by atoms with Gasteiger partial charge >= 0.3 is 0 Å². The predicted molar refractivity (Wildman–Crippen MR) is 56.8 cm³/mol. The maximum Gasteiger partial charge on any atom is 0.129 e. The van der Waals surface area contributed by atoms with Crippen molar-refractivity contribution in [1.29, 1.82) is 0 Å². The van der Waals surface area contributed by atoms with Crippen molar-refractivity contribution in [3.63, 3.8) is 0 Å². The molecular weight excluding hydrogens is 211 g/mol. The van der Waals surface area contributed by atoms with Crippen LogP contribution in [0, 0.1) is 0 Å². The Kier molecular flexibility index (Phi) is 5.70. The molecule has 0 unspecified atom stereocenters. The topological polar surface area (TPSA) is 49.8 Å². The summed E-state index contributed by atoms with van der Waals surface area (Å²) in [6, 6.07) is 2.42. The summed E-state index contributed by atoms with van der Waals surface area (Å²) in [5, 5.41) is 6.44. The SMILES string of the molecule is Cl.Cl.c1cc(NC2CNC2)ncn1. The molecule has 0 saturated carbocycles. The number of halogens is 2. The van der Waals surface area contributed by atoms with Gasteiger partial charge in [0.25, 0.3) is 0 Å². The highest BCUT2D eigenvalue weighted by molar-refractivity contribution is 5.85. The summed E-state index contributed by atoms with van der Waals surface area (Å²) in [5.74, 6) is 0.909. The fraction of sp³-hybridized carbons (Fsp3) is 0.429. The number of nitrogens with zero attached hydrogens (tertiary/aromatic N) is 2. The van der Waals surface area contributed by atoms with Crippen molar-refractivity contribution in [2.75, 3.05) is 18.4 Å². The fourth-order valence-corrected chi connectivity index (χ4v) is 0.976. The smallest absolute Gasteiger partial charge is 0.129 e. The van der Waals surface area contributed by atoms with E-state index in [9.17, 15) is 0 Å². The van der Waals surface area contributed by atoms with Gasteiger partial charge < -0.3 is 10.6 Å². The van der Waals surface area contributed by atoms with Crippen LogP contribution in [0.1, 0.15) is 0 Å². The molecule has 1 aliphatic heterocycles. The van der Waals surface area contributed by atoms with Crippen LogP contribution in [0.4, 0.5) is 5.82 Å². The molecule has 1 aromatic heterocycles. The summed E-state index contributed by atoms with van der Waals surface area (Å²) in [7, 11) is 0. The van der Waals surface area contributed by atoms with Crippen LogP contribution in [0.25, 0.3) is 0 Å². The highest BCUT2D eigenvalue weighted by Crippen LogP contribution is 2.03. The molecule has 0 aliphatic carbocycles. The van der Waals surface area contributed by atoms with Crippen LogP contribution < -0.4 is 10.6 Å². The molecule has 1 aliphatic rings. The summed E-state index contributed by atoms with van der Waals surface area (Å²) >= 11 is 0. The van der Waals surface area contributed by atoms with E-state index in [0.29, 0.717) is 6.04 Å². The van der Waals surface area contributed by atoms with Crippen LogP contribution in [0.15, 0.2) is 18.6 Å². The van der Waals surface area contributed by atoms with Crippen molar-refractivity contribution in [3.05, 3.63) is 18.6 Å². The lowest BCUT2D eigenvalue weighted by atomic mass is 10.2. The van der Waals surface area contributed by atoms with Crippen molar-refractivity contribution in [3.8, 4) is 0 Å². The molecule has 2 rings (SSSR count). The Morgan fingerprint density at radius 3 is 2.62 bits per heavy atom. The van der Waals surface area contributed by atoms with E-state index in [2.05, 4.69) is 20.6 Å². The first-order chi connectivity index (χ1) is 5.45. The minimum Gasteiger partial charge on any atom is -0.365 e. The summed E-state index contributed by atoms with van der Waals surface area (Å²) < 4.78 is 0. The molecule has 13 heavy (non-hydrogen) atoms. The first-order valence-electron chi connectivity index (χ1n) is 3.68. The largest absolute Gasteiger partial charge is 0.365 e. The Morgan fingerprint density at radius 1 is 1.38 bits per heavy atom. The van der Waals surface area contributed by atoms with Gasteiger partial charge in [-0.3, -0.25) is 0 Å². The van der Waals surface area contributed by atoms with Crippen LogP contribution in [-0.2, 0) is 0 Å². The Bertz CT molecular complexity index is 227. The normalized spacial score (nSPS) is 14.8. The zero-order valence-electron chi connectivity index (χ0n) is 6.93.